The Labute approximate surface area is 178 Å². The van der Waals surface area contributed by atoms with E-state index in [9.17, 15) is 22.8 Å². The molecule has 1 saturated carbocycles. The molecule has 9 heteroatoms. The summed E-state index contributed by atoms with van der Waals surface area (Å²) in [5, 5.41) is 0. The molecule has 0 spiro atoms. The van der Waals surface area contributed by atoms with Gasteiger partial charge in [0.25, 0.3) is 0 Å². The van der Waals surface area contributed by atoms with Crippen molar-refractivity contribution in [2.75, 3.05) is 11.5 Å². The van der Waals surface area contributed by atoms with E-state index in [-0.39, 0.29) is 23.3 Å². The zero-order valence-corrected chi connectivity index (χ0v) is 17.0. The number of rotatable bonds is 4. The lowest BCUT2D eigenvalue weighted by molar-refractivity contribution is -0.169. The number of benzene rings is 1. The van der Waals surface area contributed by atoms with Gasteiger partial charge in [0.15, 0.2) is 0 Å². The Morgan fingerprint density at radius 3 is 1.94 bits per heavy atom. The first-order chi connectivity index (χ1) is 14.5. The molecule has 0 aliphatic heterocycles. The highest BCUT2D eigenvalue weighted by molar-refractivity contribution is 5.92. The summed E-state index contributed by atoms with van der Waals surface area (Å²) in [6, 6.07) is 4.51. The van der Waals surface area contributed by atoms with Crippen molar-refractivity contribution < 1.29 is 32.2 Å². The number of carbonyl (C=O) groups is 2. The van der Waals surface area contributed by atoms with Crippen LogP contribution < -0.4 is 11.5 Å². The highest BCUT2D eigenvalue weighted by Crippen LogP contribution is 2.37. The Hall–Kier alpha value is -2.97. The van der Waals surface area contributed by atoms with Crippen molar-refractivity contribution in [1.29, 1.82) is 0 Å². The summed E-state index contributed by atoms with van der Waals surface area (Å²) >= 11 is 0. The number of nitrogens with two attached hydrogens (primary N) is 2. The molecule has 0 aromatic heterocycles. The third-order valence-corrected chi connectivity index (χ3v) is 5.49. The lowest BCUT2D eigenvalue weighted by Crippen LogP contribution is -2.31. The Balaban J connectivity index is 1.48. The van der Waals surface area contributed by atoms with E-state index in [1.165, 1.54) is 37.3 Å². The summed E-state index contributed by atoms with van der Waals surface area (Å²) in [6.07, 6.45) is 0.389. The SMILES string of the molecule is CC1C=C(C(=O)OC2CCC(OC(=O)c3cc(N)cc(N)c3)CC2)C=CC1C(F)(F)F. The number of ether oxygens (including phenoxy) is 2. The monoisotopic (exact) mass is 438 g/mol. The van der Waals surface area contributed by atoms with Crippen LogP contribution in [0.2, 0.25) is 0 Å². The van der Waals surface area contributed by atoms with E-state index < -0.39 is 30.0 Å². The van der Waals surface area contributed by atoms with Gasteiger partial charge in [-0.15, -0.1) is 0 Å². The number of halogens is 3. The van der Waals surface area contributed by atoms with Crippen LogP contribution >= 0.6 is 0 Å². The van der Waals surface area contributed by atoms with Crippen molar-refractivity contribution in [2.24, 2.45) is 11.8 Å². The Bertz CT molecular complexity index is 882. The summed E-state index contributed by atoms with van der Waals surface area (Å²) in [7, 11) is 0. The fraction of sp³-hybridized carbons (Fsp3) is 0.455. The van der Waals surface area contributed by atoms with Gasteiger partial charge in [0.1, 0.15) is 12.2 Å². The smallest absolute Gasteiger partial charge is 0.395 e. The summed E-state index contributed by atoms with van der Waals surface area (Å²) in [6.45, 7) is 1.42. The van der Waals surface area contributed by atoms with Crippen molar-refractivity contribution in [3.63, 3.8) is 0 Å². The highest BCUT2D eigenvalue weighted by atomic mass is 19.4. The lowest BCUT2D eigenvalue weighted by Gasteiger charge is -2.29. The molecule has 6 nitrogen and oxygen atoms in total. The fourth-order valence-electron chi connectivity index (χ4n) is 3.87. The number of hydrogen-bond donors (Lipinski definition) is 2. The molecule has 0 bridgehead atoms. The molecule has 4 N–H and O–H groups in total. The summed E-state index contributed by atoms with van der Waals surface area (Å²) in [4.78, 5) is 24.6. The van der Waals surface area contributed by atoms with Crippen LogP contribution in [-0.2, 0) is 14.3 Å². The zero-order chi connectivity index (χ0) is 22.8. The van der Waals surface area contributed by atoms with Crippen LogP contribution in [0.5, 0.6) is 0 Å². The van der Waals surface area contributed by atoms with Crippen molar-refractivity contribution >= 4 is 23.3 Å². The maximum Gasteiger partial charge on any atom is 0.395 e. The Kier molecular flexibility index (Phi) is 6.62. The minimum absolute atomic E-state index is 0.126. The zero-order valence-electron chi connectivity index (χ0n) is 17.0. The van der Waals surface area contributed by atoms with Gasteiger partial charge >= 0.3 is 18.1 Å². The van der Waals surface area contributed by atoms with Crippen LogP contribution in [0, 0.1) is 11.8 Å². The standard InChI is InChI=1S/C22H25F3N2O4/c1-12-8-13(2-7-19(12)22(23,24)25)20(28)30-17-3-5-18(6-4-17)31-21(29)14-9-15(26)11-16(27)10-14/h2,7-12,17-19H,3-6,26-27H2,1H3. The second-order valence-electron chi connectivity index (χ2n) is 8.01. The van der Waals surface area contributed by atoms with Crippen LogP contribution in [0.15, 0.2) is 42.0 Å². The third kappa shape index (κ3) is 5.80. The first kappa shape index (κ1) is 22.7. The average Bonchev–Trinajstić information content (AvgIpc) is 2.67. The molecule has 2 aliphatic carbocycles. The molecule has 1 aromatic carbocycles. The van der Waals surface area contributed by atoms with Crippen LogP contribution in [0.3, 0.4) is 0 Å². The van der Waals surface area contributed by atoms with E-state index in [4.69, 9.17) is 20.9 Å². The summed E-state index contributed by atoms with van der Waals surface area (Å²) < 4.78 is 49.7. The van der Waals surface area contributed by atoms with Gasteiger partial charge in [-0.1, -0.05) is 25.2 Å². The minimum atomic E-state index is -4.35. The van der Waals surface area contributed by atoms with Gasteiger partial charge in [0.2, 0.25) is 0 Å². The number of hydrogen-bond acceptors (Lipinski definition) is 6. The lowest BCUT2D eigenvalue weighted by atomic mass is 9.86. The second kappa shape index (κ2) is 9.03. The van der Waals surface area contributed by atoms with Gasteiger partial charge in [-0.05, 0) is 49.8 Å². The van der Waals surface area contributed by atoms with Crippen LogP contribution in [-0.4, -0.2) is 30.3 Å². The molecule has 1 aromatic rings. The highest BCUT2D eigenvalue weighted by Gasteiger charge is 2.42. The van der Waals surface area contributed by atoms with Crippen molar-refractivity contribution in [2.45, 2.75) is 51.0 Å². The molecule has 0 amide bonds. The van der Waals surface area contributed by atoms with Crippen LogP contribution in [0.1, 0.15) is 43.0 Å². The largest absolute Gasteiger partial charge is 0.459 e. The van der Waals surface area contributed by atoms with E-state index in [1.54, 1.807) is 0 Å². The number of carbonyl (C=O) groups excluding carboxylic acids is 2. The molecular weight excluding hydrogens is 413 g/mol. The third-order valence-electron chi connectivity index (χ3n) is 5.49. The van der Waals surface area contributed by atoms with E-state index in [0.29, 0.717) is 37.1 Å². The van der Waals surface area contributed by atoms with E-state index in [1.807, 2.05) is 0 Å². The summed E-state index contributed by atoms with van der Waals surface area (Å²) in [5.74, 6) is -3.61. The number of esters is 2. The Morgan fingerprint density at radius 2 is 1.45 bits per heavy atom. The van der Waals surface area contributed by atoms with Gasteiger partial charge in [-0.25, -0.2) is 9.59 Å². The number of anilines is 2. The molecular formula is C22H25F3N2O4. The quantitative estimate of drug-likeness (QED) is 0.540. The summed E-state index contributed by atoms with van der Waals surface area (Å²) in [5.41, 5.74) is 12.5. The topological polar surface area (TPSA) is 105 Å². The van der Waals surface area contributed by atoms with Gasteiger partial charge < -0.3 is 20.9 Å². The molecule has 2 atom stereocenters. The molecule has 2 aliphatic rings. The maximum atomic E-state index is 12.9. The first-order valence-electron chi connectivity index (χ1n) is 10.1. The second-order valence-corrected chi connectivity index (χ2v) is 8.01. The van der Waals surface area contributed by atoms with Gasteiger partial charge in [-0.2, -0.15) is 13.2 Å². The van der Waals surface area contributed by atoms with Crippen LogP contribution in [0.4, 0.5) is 24.5 Å². The maximum absolute atomic E-state index is 12.9. The van der Waals surface area contributed by atoms with Gasteiger partial charge in [0, 0.05) is 11.4 Å². The molecule has 2 unspecified atom stereocenters. The molecule has 0 saturated heterocycles. The molecule has 1 fully saturated rings. The van der Waals surface area contributed by atoms with Crippen molar-refractivity contribution in [1.82, 2.24) is 0 Å². The van der Waals surface area contributed by atoms with Crippen molar-refractivity contribution in [3.05, 3.63) is 47.6 Å². The number of nitrogen functional groups attached to an aromatic ring is 2. The average molecular weight is 438 g/mol. The fourth-order valence-corrected chi connectivity index (χ4v) is 3.87. The van der Waals surface area contributed by atoms with E-state index in [2.05, 4.69) is 0 Å². The molecule has 168 valence electrons. The minimum Gasteiger partial charge on any atom is -0.459 e. The van der Waals surface area contributed by atoms with E-state index in [0.717, 1.165) is 6.08 Å². The number of allylic oxidation sites excluding steroid dienone is 2. The van der Waals surface area contributed by atoms with Gasteiger partial charge in [0.05, 0.1) is 17.1 Å². The first-order valence-corrected chi connectivity index (χ1v) is 10.1. The predicted octanol–water partition coefficient (Wildman–Crippen LogP) is 4.17. The normalized spacial score (nSPS) is 26.1. The van der Waals surface area contributed by atoms with E-state index >= 15 is 0 Å². The molecule has 0 radical (unpaired) electrons. The Morgan fingerprint density at radius 1 is 0.935 bits per heavy atom. The van der Waals surface area contributed by atoms with Crippen molar-refractivity contribution in [3.8, 4) is 0 Å². The van der Waals surface area contributed by atoms with Crippen LogP contribution in [0.25, 0.3) is 0 Å². The number of alkyl halides is 3. The predicted molar refractivity (Wildman–Crippen MR) is 109 cm³/mol. The molecule has 0 heterocycles. The molecule has 31 heavy (non-hydrogen) atoms. The molecule has 3 rings (SSSR count). The van der Waals surface area contributed by atoms with Gasteiger partial charge in [-0.3, -0.25) is 0 Å².